The van der Waals surface area contributed by atoms with Crippen LogP contribution in [0.15, 0.2) is 67.3 Å². The molecule has 0 saturated carbocycles. The monoisotopic (exact) mass is 383 g/mol. The fourth-order valence-electron chi connectivity index (χ4n) is 4.46. The molecule has 4 aromatic rings. The standard InChI is InChI=1S/C24H25N5/c1-3-19-5-2-10-26-23(19)21(4-1)15-22-16-27-28-24(22)20-8-13-29(14-9-20)17-18-6-11-25-12-7-18/h1-7,10-12,16,20H,8-9,13-15,17H2,(H,27,28). The van der Waals surface area contributed by atoms with Gasteiger partial charge >= 0.3 is 0 Å². The lowest BCUT2D eigenvalue weighted by molar-refractivity contribution is 0.203. The largest absolute Gasteiger partial charge is 0.299 e. The molecule has 4 heterocycles. The van der Waals surface area contributed by atoms with Crippen LogP contribution in [0, 0.1) is 0 Å². The molecule has 0 radical (unpaired) electrons. The van der Waals surface area contributed by atoms with Gasteiger partial charge in [-0.25, -0.2) is 0 Å². The van der Waals surface area contributed by atoms with E-state index in [1.54, 1.807) is 0 Å². The summed E-state index contributed by atoms with van der Waals surface area (Å²) in [6, 6.07) is 14.8. The zero-order chi connectivity index (χ0) is 19.5. The van der Waals surface area contributed by atoms with Gasteiger partial charge in [-0.05, 0) is 60.8 Å². The summed E-state index contributed by atoms with van der Waals surface area (Å²) in [5.41, 5.74) is 6.30. The van der Waals surface area contributed by atoms with Crippen LogP contribution in [0.3, 0.4) is 0 Å². The summed E-state index contributed by atoms with van der Waals surface area (Å²) in [6.45, 7) is 3.23. The van der Waals surface area contributed by atoms with Crippen LogP contribution in [0.4, 0.5) is 0 Å². The molecule has 1 aliphatic rings. The fraction of sp³-hybridized carbons (Fsp3) is 0.292. The van der Waals surface area contributed by atoms with E-state index >= 15 is 0 Å². The minimum Gasteiger partial charge on any atom is -0.299 e. The van der Waals surface area contributed by atoms with Crippen LogP contribution < -0.4 is 0 Å². The summed E-state index contributed by atoms with van der Waals surface area (Å²) in [4.78, 5) is 11.3. The predicted molar refractivity (Wildman–Crippen MR) is 115 cm³/mol. The van der Waals surface area contributed by atoms with Crippen LogP contribution in [0.25, 0.3) is 10.9 Å². The molecule has 0 atom stereocenters. The smallest absolute Gasteiger partial charge is 0.0737 e. The number of piperidine rings is 1. The Hall–Kier alpha value is -3.05. The van der Waals surface area contributed by atoms with Crippen molar-refractivity contribution in [3.63, 3.8) is 0 Å². The lowest BCUT2D eigenvalue weighted by Crippen LogP contribution is -2.32. The van der Waals surface area contributed by atoms with E-state index in [9.17, 15) is 0 Å². The van der Waals surface area contributed by atoms with Gasteiger partial charge in [-0.1, -0.05) is 24.3 Å². The Bertz CT molecular complexity index is 1080. The Morgan fingerprint density at radius 1 is 0.931 bits per heavy atom. The maximum absolute atomic E-state index is 4.61. The fourth-order valence-corrected chi connectivity index (χ4v) is 4.46. The lowest BCUT2D eigenvalue weighted by Gasteiger charge is -2.32. The molecule has 0 spiro atoms. The maximum atomic E-state index is 4.61. The van der Waals surface area contributed by atoms with Crippen molar-refractivity contribution in [2.24, 2.45) is 0 Å². The number of benzene rings is 1. The van der Waals surface area contributed by atoms with Crippen LogP contribution in [0.5, 0.6) is 0 Å². The second-order valence-corrected chi connectivity index (χ2v) is 7.88. The molecule has 1 aromatic carbocycles. The van der Waals surface area contributed by atoms with E-state index in [4.69, 9.17) is 0 Å². The number of nitrogens with one attached hydrogen (secondary N) is 1. The van der Waals surface area contributed by atoms with Gasteiger partial charge in [-0.2, -0.15) is 5.10 Å². The van der Waals surface area contributed by atoms with Gasteiger partial charge in [0.15, 0.2) is 0 Å². The van der Waals surface area contributed by atoms with Gasteiger partial charge in [0.1, 0.15) is 0 Å². The average Bonchev–Trinajstić information content (AvgIpc) is 3.23. The number of pyridine rings is 2. The molecule has 5 heteroatoms. The number of aromatic amines is 1. The van der Waals surface area contributed by atoms with Crippen molar-refractivity contribution < 1.29 is 0 Å². The molecule has 0 bridgehead atoms. The maximum Gasteiger partial charge on any atom is 0.0737 e. The number of hydrogen-bond acceptors (Lipinski definition) is 4. The summed E-state index contributed by atoms with van der Waals surface area (Å²) in [5.74, 6) is 0.545. The van der Waals surface area contributed by atoms with Crippen molar-refractivity contribution >= 4 is 10.9 Å². The van der Waals surface area contributed by atoms with Crippen molar-refractivity contribution in [1.82, 2.24) is 25.1 Å². The Labute approximate surface area is 170 Å². The van der Waals surface area contributed by atoms with Crippen LogP contribution in [0.2, 0.25) is 0 Å². The first-order valence-corrected chi connectivity index (χ1v) is 10.3. The van der Waals surface area contributed by atoms with E-state index in [1.165, 1.54) is 27.8 Å². The van der Waals surface area contributed by atoms with Crippen LogP contribution in [-0.2, 0) is 13.0 Å². The van der Waals surface area contributed by atoms with Gasteiger partial charge in [0, 0.05) is 48.6 Å². The molecule has 1 saturated heterocycles. The molecule has 0 unspecified atom stereocenters. The Kier molecular flexibility index (Phi) is 5.05. The first-order valence-electron chi connectivity index (χ1n) is 10.3. The van der Waals surface area contributed by atoms with Gasteiger partial charge in [-0.3, -0.25) is 20.0 Å². The highest BCUT2D eigenvalue weighted by atomic mass is 15.1. The predicted octanol–water partition coefficient (Wildman–Crippen LogP) is 4.32. The van der Waals surface area contributed by atoms with Gasteiger partial charge in [0.05, 0.1) is 11.7 Å². The first-order chi connectivity index (χ1) is 14.4. The normalized spacial score (nSPS) is 15.7. The SMILES string of the molecule is c1cnc2c(Cc3cn[nH]c3C3CCN(Cc4ccncc4)CC3)cccc2c1. The summed E-state index contributed by atoms with van der Waals surface area (Å²) in [7, 11) is 0. The quantitative estimate of drug-likeness (QED) is 0.557. The number of aromatic nitrogens is 4. The highest BCUT2D eigenvalue weighted by Gasteiger charge is 2.24. The second kappa shape index (κ2) is 8.13. The van der Waals surface area contributed by atoms with Crippen molar-refractivity contribution in [1.29, 1.82) is 0 Å². The zero-order valence-corrected chi connectivity index (χ0v) is 16.5. The Morgan fingerprint density at radius 3 is 2.62 bits per heavy atom. The van der Waals surface area contributed by atoms with Gasteiger partial charge in [0.2, 0.25) is 0 Å². The third-order valence-electron chi connectivity index (χ3n) is 6.00. The highest BCUT2D eigenvalue weighted by molar-refractivity contribution is 5.81. The number of fused-ring (bicyclic) bond motifs is 1. The van der Waals surface area contributed by atoms with E-state index in [0.29, 0.717) is 5.92 Å². The molecule has 5 rings (SSSR count). The van der Waals surface area contributed by atoms with Gasteiger partial charge in [0.25, 0.3) is 0 Å². The van der Waals surface area contributed by atoms with Crippen LogP contribution in [-0.4, -0.2) is 38.2 Å². The molecule has 146 valence electrons. The molecule has 3 aromatic heterocycles. The molecule has 1 aliphatic heterocycles. The van der Waals surface area contributed by atoms with Gasteiger partial charge in [-0.15, -0.1) is 0 Å². The van der Waals surface area contributed by atoms with Crippen LogP contribution in [0.1, 0.15) is 41.1 Å². The minimum atomic E-state index is 0.545. The number of nitrogens with zero attached hydrogens (tertiary/aromatic N) is 4. The third-order valence-corrected chi connectivity index (χ3v) is 6.00. The van der Waals surface area contributed by atoms with Crippen molar-refractivity contribution in [2.75, 3.05) is 13.1 Å². The summed E-state index contributed by atoms with van der Waals surface area (Å²) >= 11 is 0. The molecular weight excluding hydrogens is 358 g/mol. The number of hydrogen-bond donors (Lipinski definition) is 1. The number of rotatable bonds is 5. The second-order valence-electron chi connectivity index (χ2n) is 7.88. The van der Waals surface area contributed by atoms with E-state index in [2.05, 4.69) is 61.5 Å². The highest BCUT2D eigenvalue weighted by Crippen LogP contribution is 2.31. The topological polar surface area (TPSA) is 57.7 Å². The molecule has 1 fully saturated rings. The van der Waals surface area contributed by atoms with E-state index in [0.717, 1.165) is 44.4 Å². The van der Waals surface area contributed by atoms with Crippen molar-refractivity contribution in [3.05, 3.63) is 89.6 Å². The Morgan fingerprint density at radius 2 is 1.76 bits per heavy atom. The minimum absolute atomic E-state index is 0.545. The molecule has 29 heavy (non-hydrogen) atoms. The van der Waals surface area contributed by atoms with E-state index in [1.807, 2.05) is 30.9 Å². The third kappa shape index (κ3) is 3.91. The molecular formula is C24H25N5. The zero-order valence-electron chi connectivity index (χ0n) is 16.5. The lowest BCUT2D eigenvalue weighted by atomic mass is 9.89. The first kappa shape index (κ1) is 18.0. The summed E-state index contributed by atoms with van der Waals surface area (Å²) in [5, 5.41) is 8.90. The summed E-state index contributed by atoms with van der Waals surface area (Å²) in [6.07, 6.45) is 10.8. The molecule has 0 amide bonds. The van der Waals surface area contributed by atoms with Crippen LogP contribution >= 0.6 is 0 Å². The number of H-pyrrole nitrogens is 1. The molecule has 0 aliphatic carbocycles. The van der Waals surface area contributed by atoms with Crippen molar-refractivity contribution in [3.8, 4) is 0 Å². The number of likely N-dealkylation sites (tertiary alicyclic amines) is 1. The number of para-hydroxylation sites is 1. The van der Waals surface area contributed by atoms with Crippen molar-refractivity contribution in [2.45, 2.75) is 31.7 Å². The summed E-state index contributed by atoms with van der Waals surface area (Å²) < 4.78 is 0. The van der Waals surface area contributed by atoms with E-state index < -0.39 is 0 Å². The molecule has 1 N–H and O–H groups in total. The van der Waals surface area contributed by atoms with E-state index in [-0.39, 0.29) is 0 Å². The average molecular weight is 383 g/mol. The Balaban J connectivity index is 1.28. The van der Waals surface area contributed by atoms with Gasteiger partial charge < -0.3 is 0 Å². The molecule has 5 nitrogen and oxygen atoms in total.